The molecule has 0 aliphatic heterocycles. The minimum Gasteiger partial charge on any atom is -0.391 e. The fraction of sp³-hybridized carbons (Fsp3) is 0.615. The first-order valence-electron chi connectivity index (χ1n) is 6.18. The van der Waals surface area contributed by atoms with E-state index < -0.39 is 6.10 Å². The summed E-state index contributed by atoms with van der Waals surface area (Å²) in [5, 5.41) is 14.2. The lowest BCUT2D eigenvalue weighted by atomic mass is 10.2. The summed E-state index contributed by atoms with van der Waals surface area (Å²) in [6, 6.07) is 4.11. The van der Waals surface area contributed by atoms with Crippen molar-refractivity contribution in [2.24, 2.45) is 0 Å². The van der Waals surface area contributed by atoms with E-state index in [1.54, 1.807) is 18.4 Å². The molecule has 1 amide bonds. The van der Waals surface area contributed by atoms with Crippen molar-refractivity contribution in [2.75, 3.05) is 20.3 Å². The number of methoxy groups -OCH3 is 1. The summed E-state index contributed by atoms with van der Waals surface area (Å²) in [7, 11) is 1.55. The number of aliphatic hydroxyl groups is 1. The molecule has 0 saturated carbocycles. The van der Waals surface area contributed by atoms with Crippen LogP contribution < -0.4 is 5.32 Å². The molecule has 1 rings (SSSR count). The van der Waals surface area contributed by atoms with E-state index in [1.165, 1.54) is 4.88 Å². The van der Waals surface area contributed by atoms with E-state index in [2.05, 4.69) is 11.4 Å². The van der Waals surface area contributed by atoms with E-state index in [0.717, 1.165) is 12.8 Å². The average Bonchev–Trinajstić information content (AvgIpc) is 2.82. The van der Waals surface area contributed by atoms with Crippen LogP contribution >= 0.6 is 11.3 Å². The number of aliphatic hydroxyl groups excluding tert-OH is 1. The van der Waals surface area contributed by atoms with Gasteiger partial charge in [0, 0.05) is 25.0 Å². The van der Waals surface area contributed by atoms with Crippen molar-refractivity contribution in [3.63, 3.8) is 0 Å². The summed E-state index contributed by atoms with van der Waals surface area (Å²) in [6.45, 7) is 0.816. The number of amides is 1. The van der Waals surface area contributed by atoms with Gasteiger partial charge in [0.15, 0.2) is 0 Å². The van der Waals surface area contributed by atoms with Gasteiger partial charge in [-0.1, -0.05) is 6.07 Å². The normalized spacial score (nSPS) is 12.3. The maximum atomic E-state index is 11.5. The van der Waals surface area contributed by atoms with Gasteiger partial charge in [0.05, 0.1) is 12.7 Å². The molecule has 0 aromatic carbocycles. The van der Waals surface area contributed by atoms with Crippen LogP contribution in [0.2, 0.25) is 0 Å². The average molecular weight is 271 g/mol. The van der Waals surface area contributed by atoms with Crippen molar-refractivity contribution in [1.82, 2.24) is 5.32 Å². The smallest absolute Gasteiger partial charge is 0.220 e. The first-order chi connectivity index (χ1) is 8.72. The molecule has 0 radical (unpaired) electrons. The van der Waals surface area contributed by atoms with E-state index in [-0.39, 0.29) is 5.91 Å². The van der Waals surface area contributed by atoms with Crippen molar-refractivity contribution in [1.29, 1.82) is 0 Å². The summed E-state index contributed by atoms with van der Waals surface area (Å²) in [5.74, 6) is 0.0520. The predicted molar refractivity (Wildman–Crippen MR) is 72.8 cm³/mol. The molecule has 2 N–H and O–H groups in total. The third kappa shape index (κ3) is 6.74. The molecule has 1 atom stereocenters. The Hall–Kier alpha value is -0.910. The largest absolute Gasteiger partial charge is 0.391 e. The van der Waals surface area contributed by atoms with Gasteiger partial charge in [-0.05, 0) is 30.7 Å². The van der Waals surface area contributed by atoms with Crippen LogP contribution in [0.1, 0.15) is 24.1 Å². The zero-order valence-corrected chi connectivity index (χ0v) is 11.5. The summed E-state index contributed by atoms with van der Waals surface area (Å²) in [6.07, 6.45) is 2.40. The van der Waals surface area contributed by atoms with Crippen molar-refractivity contribution < 1.29 is 14.6 Å². The lowest BCUT2D eigenvalue weighted by molar-refractivity contribution is -0.121. The SMILES string of the molecule is COCC(O)CCNC(=O)CCCc1cccs1. The summed E-state index contributed by atoms with van der Waals surface area (Å²) >= 11 is 1.72. The molecule has 5 heteroatoms. The molecule has 1 unspecified atom stereocenters. The van der Waals surface area contributed by atoms with Gasteiger partial charge >= 0.3 is 0 Å². The van der Waals surface area contributed by atoms with Gasteiger partial charge < -0.3 is 15.2 Å². The van der Waals surface area contributed by atoms with Crippen LogP contribution in [0.3, 0.4) is 0 Å². The standard InChI is InChI=1S/C13H21NO3S/c1-17-10-11(15)7-8-14-13(16)6-2-4-12-5-3-9-18-12/h3,5,9,11,15H,2,4,6-8,10H2,1H3,(H,14,16). The molecular weight excluding hydrogens is 250 g/mol. The molecular formula is C13H21NO3S. The second kappa shape index (κ2) is 9.08. The number of hydrogen-bond acceptors (Lipinski definition) is 4. The highest BCUT2D eigenvalue weighted by Crippen LogP contribution is 2.11. The molecule has 102 valence electrons. The Bertz CT molecular complexity index is 327. The van der Waals surface area contributed by atoms with Crippen LogP contribution in [-0.4, -0.2) is 37.4 Å². The summed E-state index contributed by atoms with van der Waals surface area (Å²) in [4.78, 5) is 12.8. The molecule has 0 spiro atoms. The fourth-order valence-corrected chi connectivity index (χ4v) is 2.37. The first-order valence-corrected chi connectivity index (χ1v) is 7.06. The Morgan fingerprint density at radius 2 is 2.44 bits per heavy atom. The molecule has 0 saturated heterocycles. The number of carbonyl (C=O) groups is 1. The van der Waals surface area contributed by atoms with E-state index in [1.807, 2.05) is 11.4 Å². The molecule has 0 aliphatic rings. The highest BCUT2D eigenvalue weighted by Gasteiger charge is 2.05. The van der Waals surface area contributed by atoms with Gasteiger partial charge in [0.2, 0.25) is 5.91 Å². The number of hydrogen-bond donors (Lipinski definition) is 2. The van der Waals surface area contributed by atoms with Gasteiger partial charge in [-0.3, -0.25) is 4.79 Å². The Morgan fingerprint density at radius 3 is 3.11 bits per heavy atom. The number of ether oxygens (including phenoxy) is 1. The molecule has 1 aromatic heterocycles. The summed E-state index contributed by atoms with van der Waals surface area (Å²) < 4.78 is 4.81. The van der Waals surface area contributed by atoms with E-state index in [0.29, 0.717) is 26.0 Å². The lowest BCUT2D eigenvalue weighted by Crippen LogP contribution is -2.28. The van der Waals surface area contributed by atoms with E-state index in [9.17, 15) is 9.90 Å². The van der Waals surface area contributed by atoms with Gasteiger partial charge in [-0.25, -0.2) is 0 Å². The zero-order valence-electron chi connectivity index (χ0n) is 10.7. The van der Waals surface area contributed by atoms with Gasteiger partial charge in [-0.15, -0.1) is 11.3 Å². The van der Waals surface area contributed by atoms with E-state index >= 15 is 0 Å². The number of thiophene rings is 1. The van der Waals surface area contributed by atoms with Gasteiger partial charge in [0.25, 0.3) is 0 Å². The minimum absolute atomic E-state index is 0.0520. The number of aryl methyl sites for hydroxylation is 1. The summed E-state index contributed by atoms with van der Waals surface area (Å²) in [5.41, 5.74) is 0. The van der Waals surface area contributed by atoms with Crippen LogP contribution in [-0.2, 0) is 16.0 Å². The van der Waals surface area contributed by atoms with Crippen molar-refractivity contribution >= 4 is 17.2 Å². The second-order valence-electron chi connectivity index (χ2n) is 4.18. The molecule has 18 heavy (non-hydrogen) atoms. The molecule has 1 aromatic rings. The van der Waals surface area contributed by atoms with Crippen LogP contribution in [0.15, 0.2) is 17.5 Å². The number of carbonyl (C=O) groups excluding carboxylic acids is 1. The fourth-order valence-electron chi connectivity index (χ4n) is 1.62. The molecule has 0 aliphatic carbocycles. The van der Waals surface area contributed by atoms with E-state index in [4.69, 9.17) is 4.74 Å². The monoisotopic (exact) mass is 271 g/mol. The van der Waals surface area contributed by atoms with Crippen molar-refractivity contribution in [3.8, 4) is 0 Å². The Kier molecular flexibility index (Phi) is 7.64. The predicted octanol–water partition coefficient (Wildman–Crippen LogP) is 1.58. The minimum atomic E-state index is -0.499. The topological polar surface area (TPSA) is 58.6 Å². The third-order valence-electron chi connectivity index (χ3n) is 2.57. The maximum absolute atomic E-state index is 11.5. The van der Waals surface area contributed by atoms with Gasteiger partial charge in [0.1, 0.15) is 0 Å². The molecule has 0 fully saturated rings. The molecule has 4 nitrogen and oxygen atoms in total. The molecule has 1 heterocycles. The van der Waals surface area contributed by atoms with Crippen LogP contribution in [0.25, 0.3) is 0 Å². The second-order valence-corrected chi connectivity index (χ2v) is 5.21. The van der Waals surface area contributed by atoms with Crippen LogP contribution in [0.4, 0.5) is 0 Å². The van der Waals surface area contributed by atoms with Crippen LogP contribution in [0, 0.1) is 0 Å². The van der Waals surface area contributed by atoms with Crippen LogP contribution in [0.5, 0.6) is 0 Å². The third-order valence-corrected chi connectivity index (χ3v) is 3.50. The number of nitrogens with one attached hydrogen (secondary N) is 1. The van der Waals surface area contributed by atoms with Crippen molar-refractivity contribution in [3.05, 3.63) is 22.4 Å². The quantitative estimate of drug-likeness (QED) is 0.717. The first kappa shape index (κ1) is 15.1. The zero-order chi connectivity index (χ0) is 13.2. The Morgan fingerprint density at radius 1 is 1.61 bits per heavy atom. The highest BCUT2D eigenvalue weighted by atomic mass is 32.1. The number of rotatable bonds is 9. The molecule has 0 bridgehead atoms. The lowest BCUT2D eigenvalue weighted by Gasteiger charge is -2.09. The van der Waals surface area contributed by atoms with Gasteiger partial charge in [-0.2, -0.15) is 0 Å². The Balaban J connectivity index is 2.00. The maximum Gasteiger partial charge on any atom is 0.220 e. The Labute approximate surface area is 112 Å². The highest BCUT2D eigenvalue weighted by molar-refractivity contribution is 7.09. The van der Waals surface area contributed by atoms with Crippen molar-refractivity contribution in [2.45, 2.75) is 31.8 Å².